The van der Waals surface area contributed by atoms with E-state index in [0.717, 1.165) is 22.2 Å². The number of aromatic nitrogens is 1. The summed E-state index contributed by atoms with van der Waals surface area (Å²) >= 11 is 1.36. The maximum absolute atomic E-state index is 12.9. The van der Waals surface area contributed by atoms with Crippen LogP contribution in [0.1, 0.15) is 21.5 Å². The van der Waals surface area contributed by atoms with E-state index in [2.05, 4.69) is 15.3 Å². The third kappa shape index (κ3) is 3.66. The van der Waals surface area contributed by atoms with Gasteiger partial charge in [0.25, 0.3) is 5.91 Å². The van der Waals surface area contributed by atoms with Crippen molar-refractivity contribution in [1.82, 2.24) is 4.98 Å². The van der Waals surface area contributed by atoms with Gasteiger partial charge in [0.2, 0.25) is 5.55 Å². The quantitative estimate of drug-likeness (QED) is 0.548. The van der Waals surface area contributed by atoms with Gasteiger partial charge in [-0.1, -0.05) is 30.3 Å². The summed E-state index contributed by atoms with van der Waals surface area (Å²) in [5, 5.41) is 5.98. The summed E-state index contributed by atoms with van der Waals surface area (Å²) in [6, 6.07) is 15.4. The van der Waals surface area contributed by atoms with Gasteiger partial charge in [-0.25, -0.2) is 9.98 Å². The lowest BCUT2D eigenvalue weighted by atomic mass is 10.1. The monoisotopic (exact) mass is 375 g/mol. The third-order valence-electron chi connectivity index (χ3n) is 4.14. The van der Waals surface area contributed by atoms with Gasteiger partial charge in [-0.15, -0.1) is 11.3 Å². The van der Waals surface area contributed by atoms with Crippen molar-refractivity contribution in [1.29, 1.82) is 0 Å². The Morgan fingerprint density at radius 1 is 1.15 bits per heavy atom. The van der Waals surface area contributed by atoms with Crippen LogP contribution < -0.4 is 10.9 Å². The first-order chi connectivity index (χ1) is 13.1. The molecule has 4 aromatic rings. The first-order valence-electron chi connectivity index (χ1n) is 8.46. The molecule has 0 unspecified atom stereocenters. The normalized spacial score (nSPS) is 11.7. The van der Waals surface area contributed by atoms with E-state index in [1.54, 1.807) is 12.3 Å². The number of benzene rings is 2. The zero-order chi connectivity index (χ0) is 18.8. The van der Waals surface area contributed by atoms with Crippen LogP contribution in [0.3, 0.4) is 0 Å². The predicted octanol–water partition coefficient (Wildman–Crippen LogP) is 4.99. The van der Waals surface area contributed by atoms with E-state index in [-0.39, 0.29) is 11.5 Å². The minimum absolute atomic E-state index is 0.274. The van der Waals surface area contributed by atoms with Crippen LogP contribution in [0, 0.1) is 13.8 Å². The Hall–Kier alpha value is -3.25. The first-order valence-corrected chi connectivity index (χ1v) is 9.34. The lowest BCUT2D eigenvalue weighted by molar-refractivity contribution is 0.102. The van der Waals surface area contributed by atoms with Crippen LogP contribution in [-0.2, 0) is 0 Å². The number of amides is 1. The average molecular weight is 375 g/mol. The summed E-state index contributed by atoms with van der Waals surface area (Å²) in [5.41, 5.74) is 4.19. The highest BCUT2D eigenvalue weighted by Crippen LogP contribution is 2.21. The molecule has 0 atom stereocenters. The molecule has 2 aromatic heterocycles. The molecule has 6 heteroatoms. The second kappa shape index (κ2) is 7.17. The number of aryl methyl sites for hydroxylation is 2. The molecule has 0 radical (unpaired) electrons. The lowest BCUT2D eigenvalue weighted by Gasteiger charge is -2.06. The highest BCUT2D eigenvalue weighted by molar-refractivity contribution is 7.13. The molecule has 4 rings (SSSR count). The number of carbonyl (C=O) groups is 1. The molecule has 1 N–H and O–H groups in total. The van der Waals surface area contributed by atoms with Gasteiger partial charge in [0.15, 0.2) is 5.13 Å². The van der Waals surface area contributed by atoms with Crippen molar-refractivity contribution in [3.8, 4) is 0 Å². The molecule has 5 nitrogen and oxygen atoms in total. The van der Waals surface area contributed by atoms with E-state index in [1.165, 1.54) is 11.3 Å². The summed E-state index contributed by atoms with van der Waals surface area (Å²) in [6.45, 7) is 3.99. The number of hydrogen-bond donors (Lipinski definition) is 1. The topological polar surface area (TPSA) is 67.5 Å². The molecule has 2 heterocycles. The van der Waals surface area contributed by atoms with Crippen LogP contribution in [0.15, 0.2) is 69.5 Å². The van der Waals surface area contributed by atoms with Crippen LogP contribution >= 0.6 is 11.3 Å². The minimum Gasteiger partial charge on any atom is -0.438 e. The van der Waals surface area contributed by atoms with E-state index in [0.29, 0.717) is 16.3 Å². The number of nitrogens with one attached hydrogen (secondary N) is 1. The van der Waals surface area contributed by atoms with Crippen molar-refractivity contribution in [2.45, 2.75) is 13.8 Å². The number of fused-ring (bicyclic) bond motifs is 1. The smallest absolute Gasteiger partial charge is 0.262 e. The van der Waals surface area contributed by atoms with Crippen molar-refractivity contribution in [3.63, 3.8) is 0 Å². The third-order valence-corrected chi connectivity index (χ3v) is 4.83. The van der Waals surface area contributed by atoms with Crippen LogP contribution in [0.5, 0.6) is 0 Å². The Labute approximate surface area is 160 Å². The summed E-state index contributed by atoms with van der Waals surface area (Å²) in [7, 11) is 0. The molecule has 0 spiro atoms. The molecular weight excluding hydrogens is 358 g/mol. The fourth-order valence-corrected chi connectivity index (χ4v) is 3.24. The maximum Gasteiger partial charge on any atom is 0.262 e. The van der Waals surface area contributed by atoms with E-state index < -0.39 is 0 Å². The van der Waals surface area contributed by atoms with Crippen LogP contribution in [0.4, 0.5) is 10.8 Å². The Balaban J connectivity index is 1.90. The Morgan fingerprint density at radius 3 is 2.81 bits per heavy atom. The molecule has 0 saturated heterocycles. The zero-order valence-corrected chi connectivity index (χ0v) is 15.7. The van der Waals surface area contributed by atoms with Gasteiger partial charge in [-0.05, 0) is 43.2 Å². The molecular formula is C21H17N3O2S. The highest BCUT2D eigenvalue weighted by Gasteiger charge is 2.14. The fraction of sp³-hybridized carbons (Fsp3) is 0.0952. The van der Waals surface area contributed by atoms with Gasteiger partial charge in [0, 0.05) is 17.0 Å². The number of anilines is 1. The molecule has 134 valence electrons. The number of thiazole rings is 1. The summed E-state index contributed by atoms with van der Waals surface area (Å²) in [6.07, 6.45) is 1.65. The van der Waals surface area contributed by atoms with Crippen molar-refractivity contribution in [2.24, 2.45) is 4.99 Å². The summed E-state index contributed by atoms with van der Waals surface area (Å²) < 4.78 is 5.99. The van der Waals surface area contributed by atoms with Gasteiger partial charge in [-0.2, -0.15) is 0 Å². The molecule has 0 bridgehead atoms. The average Bonchev–Trinajstić information content (AvgIpc) is 3.17. The van der Waals surface area contributed by atoms with E-state index >= 15 is 0 Å². The number of hydrogen-bond acceptors (Lipinski definition) is 5. The van der Waals surface area contributed by atoms with Crippen molar-refractivity contribution < 1.29 is 9.21 Å². The van der Waals surface area contributed by atoms with Gasteiger partial charge in [0.05, 0.1) is 5.69 Å². The molecule has 0 aliphatic carbocycles. The van der Waals surface area contributed by atoms with Crippen molar-refractivity contribution in [3.05, 3.63) is 82.4 Å². The van der Waals surface area contributed by atoms with E-state index in [9.17, 15) is 4.79 Å². The molecule has 0 aliphatic heterocycles. The summed E-state index contributed by atoms with van der Waals surface area (Å²) in [5.74, 6) is -0.302. The molecule has 2 aromatic carbocycles. The number of para-hydroxylation sites is 1. The number of carbonyl (C=O) groups excluding carboxylic acids is 1. The SMILES string of the molecule is Cc1ccc(C)c(N=c2oc3ccccc3cc2C(=O)Nc2nccs2)c1. The highest BCUT2D eigenvalue weighted by atomic mass is 32.1. The van der Waals surface area contributed by atoms with Gasteiger partial charge >= 0.3 is 0 Å². The Kier molecular flexibility index (Phi) is 4.56. The fourth-order valence-electron chi connectivity index (χ4n) is 2.71. The molecule has 27 heavy (non-hydrogen) atoms. The van der Waals surface area contributed by atoms with Gasteiger partial charge in [-0.3, -0.25) is 10.1 Å². The van der Waals surface area contributed by atoms with Gasteiger partial charge < -0.3 is 4.42 Å². The largest absolute Gasteiger partial charge is 0.438 e. The molecule has 0 saturated carbocycles. The lowest BCUT2D eigenvalue weighted by Crippen LogP contribution is -2.21. The van der Waals surface area contributed by atoms with E-state index in [1.807, 2.05) is 61.7 Å². The molecule has 0 fully saturated rings. The zero-order valence-electron chi connectivity index (χ0n) is 14.9. The maximum atomic E-state index is 12.9. The van der Waals surface area contributed by atoms with Crippen LogP contribution in [-0.4, -0.2) is 10.9 Å². The van der Waals surface area contributed by atoms with Crippen LogP contribution in [0.2, 0.25) is 0 Å². The molecule has 1 amide bonds. The van der Waals surface area contributed by atoms with Crippen molar-refractivity contribution in [2.75, 3.05) is 5.32 Å². The number of nitrogens with zero attached hydrogens (tertiary/aromatic N) is 2. The van der Waals surface area contributed by atoms with Crippen molar-refractivity contribution >= 4 is 39.0 Å². The van der Waals surface area contributed by atoms with Gasteiger partial charge in [0.1, 0.15) is 11.1 Å². The standard InChI is InChI=1S/C21H17N3O2S/c1-13-7-8-14(2)17(11-13)23-20-16(19(25)24-21-22-9-10-27-21)12-15-5-3-4-6-18(15)26-20/h3-12H,1-2H3,(H,22,24,25). The summed E-state index contributed by atoms with van der Waals surface area (Å²) in [4.78, 5) is 21.6. The second-order valence-corrected chi connectivity index (χ2v) is 7.09. The van der Waals surface area contributed by atoms with E-state index in [4.69, 9.17) is 4.42 Å². The predicted molar refractivity (Wildman–Crippen MR) is 107 cm³/mol. The molecule has 0 aliphatic rings. The Bertz CT molecular complexity index is 1190. The number of rotatable bonds is 3. The second-order valence-electron chi connectivity index (χ2n) is 6.20. The Morgan fingerprint density at radius 2 is 2.00 bits per heavy atom. The first kappa shape index (κ1) is 17.2. The van der Waals surface area contributed by atoms with Crippen LogP contribution in [0.25, 0.3) is 11.0 Å². The minimum atomic E-state index is -0.302.